The minimum atomic E-state index is -0.224. The molecule has 1 aromatic carbocycles. The Morgan fingerprint density at radius 1 is 1.13 bits per heavy atom. The Morgan fingerprint density at radius 3 is 2.68 bits per heavy atom. The lowest BCUT2D eigenvalue weighted by Gasteiger charge is -2.29. The van der Waals surface area contributed by atoms with Gasteiger partial charge >= 0.3 is 0 Å². The highest BCUT2D eigenvalue weighted by molar-refractivity contribution is 7.21. The van der Waals surface area contributed by atoms with E-state index in [1.165, 1.54) is 17.1 Å². The fraction of sp³-hybridized carbons (Fsp3) is 0.435. The van der Waals surface area contributed by atoms with Crippen molar-refractivity contribution >= 4 is 33.2 Å². The third kappa shape index (κ3) is 4.97. The lowest BCUT2D eigenvalue weighted by molar-refractivity contribution is 0.0903. The Labute approximate surface area is 185 Å². The molecule has 0 atom stereocenters. The highest BCUT2D eigenvalue weighted by Crippen LogP contribution is 2.43. The van der Waals surface area contributed by atoms with Gasteiger partial charge < -0.3 is 19.9 Å². The zero-order chi connectivity index (χ0) is 21.6. The van der Waals surface area contributed by atoms with Crippen molar-refractivity contribution in [2.45, 2.75) is 31.6 Å². The van der Waals surface area contributed by atoms with Gasteiger partial charge in [0.05, 0.1) is 17.7 Å². The van der Waals surface area contributed by atoms with Crippen molar-refractivity contribution in [1.29, 1.82) is 0 Å². The second kappa shape index (κ2) is 10.1. The summed E-state index contributed by atoms with van der Waals surface area (Å²) in [5, 5.41) is 10.7. The summed E-state index contributed by atoms with van der Waals surface area (Å²) in [7, 11) is 1.63. The van der Waals surface area contributed by atoms with Gasteiger partial charge in [0.15, 0.2) is 0 Å². The van der Waals surface area contributed by atoms with Gasteiger partial charge in [-0.05, 0) is 54.5 Å². The van der Waals surface area contributed by atoms with E-state index in [0.717, 1.165) is 35.3 Å². The van der Waals surface area contributed by atoms with Crippen molar-refractivity contribution in [2.75, 3.05) is 26.8 Å². The Bertz CT molecular complexity index is 1020. The number of carbonyl (C=O) groups is 2. The maximum absolute atomic E-state index is 12.9. The number of hydrogen-bond donors (Lipinski definition) is 2. The lowest BCUT2D eigenvalue weighted by Crippen LogP contribution is -2.31. The van der Waals surface area contributed by atoms with Crippen LogP contribution in [0.15, 0.2) is 41.1 Å². The maximum atomic E-state index is 12.9. The summed E-state index contributed by atoms with van der Waals surface area (Å²) < 4.78 is 11.1. The van der Waals surface area contributed by atoms with Crippen molar-refractivity contribution in [3.63, 3.8) is 0 Å². The average Bonchev–Trinajstić information content (AvgIpc) is 3.46. The molecule has 164 valence electrons. The Hall–Kier alpha value is -2.71. The number of carbonyl (C=O) groups excluding carboxylic acids is 2. The Morgan fingerprint density at radius 2 is 1.94 bits per heavy atom. The van der Waals surface area contributed by atoms with Gasteiger partial charge in [-0.2, -0.15) is 0 Å². The van der Waals surface area contributed by atoms with Crippen molar-refractivity contribution in [3.05, 3.63) is 52.7 Å². The molecule has 1 saturated carbocycles. The number of rotatable bonds is 8. The number of benzene rings is 1. The van der Waals surface area contributed by atoms with E-state index < -0.39 is 0 Å². The molecule has 0 aliphatic heterocycles. The number of thiophene rings is 1. The monoisotopic (exact) mass is 441 g/mol. The molecule has 2 aromatic heterocycles. The first-order chi connectivity index (χ1) is 15.2. The first-order valence-corrected chi connectivity index (χ1v) is 11.5. The maximum Gasteiger partial charge on any atom is 0.289 e. The molecule has 8 heteroatoms. The van der Waals surface area contributed by atoms with E-state index in [4.69, 9.17) is 9.26 Å². The second-order valence-corrected chi connectivity index (χ2v) is 8.95. The van der Waals surface area contributed by atoms with E-state index in [2.05, 4.69) is 27.9 Å². The number of nitrogens with zero attached hydrogens (tertiary/aromatic N) is 1. The van der Waals surface area contributed by atoms with Crippen LogP contribution in [0.1, 0.15) is 57.4 Å². The fourth-order valence-electron chi connectivity index (χ4n) is 4.30. The number of fused-ring (bicyclic) bond motifs is 1. The van der Waals surface area contributed by atoms with Gasteiger partial charge in [-0.3, -0.25) is 9.59 Å². The van der Waals surface area contributed by atoms with E-state index in [9.17, 15) is 9.59 Å². The number of hydrogen-bond acceptors (Lipinski definition) is 6. The van der Waals surface area contributed by atoms with Gasteiger partial charge in [0.25, 0.3) is 11.8 Å². The zero-order valence-corrected chi connectivity index (χ0v) is 18.4. The van der Waals surface area contributed by atoms with Crippen LogP contribution in [0.3, 0.4) is 0 Å². The minimum Gasteiger partial charge on any atom is -0.383 e. The summed E-state index contributed by atoms with van der Waals surface area (Å²) in [6.45, 7) is 1.62. The normalized spacial score (nSPS) is 18.7. The van der Waals surface area contributed by atoms with Gasteiger partial charge in [-0.1, -0.05) is 23.4 Å². The molecule has 2 heterocycles. The summed E-state index contributed by atoms with van der Waals surface area (Å²) in [5.74, 6) is 0.767. The summed E-state index contributed by atoms with van der Waals surface area (Å²) in [4.78, 5) is 25.8. The molecule has 0 spiro atoms. The van der Waals surface area contributed by atoms with Gasteiger partial charge in [0.2, 0.25) is 5.76 Å². The minimum absolute atomic E-state index is 0.0188. The number of amides is 2. The smallest absolute Gasteiger partial charge is 0.289 e. The molecule has 1 aliphatic carbocycles. The highest BCUT2D eigenvalue weighted by atomic mass is 32.1. The number of ether oxygens (including phenoxy) is 1. The predicted octanol–water partition coefficient (Wildman–Crippen LogP) is 3.97. The van der Waals surface area contributed by atoms with Crippen LogP contribution in [-0.2, 0) is 4.74 Å². The standard InChI is InChI=1S/C23H27N3O4S/c1-29-13-12-24-23(28)21-20(17-4-2-3-5-19(17)31-21)16-8-6-15(7-9-16)14-25-22(27)18-10-11-26-30-18/h2-5,10-11,15-16H,6-9,12-14H2,1H3,(H,24,28)(H,25,27). The van der Waals surface area contributed by atoms with Crippen LogP contribution in [0.25, 0.3) is 10.1 Å². The first kappa shape index (κ1) is 21.5. The van der Waals surface area contributed by atoms with Crippen LogP contribution in [0, 0.1) is 5.92 Å². The third-order valence-corrected chi connectivity index (χ3v) is 7.09. The van der Waals surface area contributed by atoms with E-state index in [1.807, 2.05) is 12.1 Å². The van der Waals surface area contributed by atoms with E-state index >= 15 is 0 Å². The molecular formula is C23H27N3O4S. The molecule has 1 aliphatic rings. The molecule has 31 heavy (non-hydrogen) atoms. The van der Waals surface area contributed by atoms with Crippen molar-refractivity contribution in [1.82, 2.24) is 15.8 Å². The quantitative estimate of drug-likeness (QED) is 0.516. The third-order valence-electron chi connectivity index (χ3n) is 5.90. The molecule has 0 saturated heterocycles. The van der Waals surface area contributed by atoms with Crippen LogP contribution in [-0.4, -0.2) is 43.8 Å². The summed E-state index contributed by atoms with van der Waals surface area (Å²) in [6.07, 6.45) is 5.49. The van der Waals surface area contributed by atoms with Crippen LogP contribution in [0.5, 0.6) is 0 Å². The van der Waals surface area contributed by atoms with E-state index in [1.54, 1.807) is 24.5 Å². The molecule has 7 nitrogen and oxygen atoms in total. The highest BCUT2D eigenvalue weighted by Gasteiger charge is 2.29. The molecule has 0 radical (unpaired) electrons. The zero-order valence-electron chi connectivity index (χ0n) is 17.6. The largest absolute Gasteiger partial charge is 0.383 e. The average molecular weight is 442 g/mol. The van der Waals surface area contributed by atoms with Crippen LogP contribution in [0.2, 0.25) is 0 Å². The van der Waals surface area contributed by atoms with E-state index in [0.29, 0.717) is 31.5 Å². The molecule has 0 unspecified atom stereocenters. The van der Waals surface area contributed by atoms with Crippen molar-refractivity contribution in [2.24, 2.45) is 5.92 Å². The molecule has 2 amide bonds. The van der Waals surface area contributed by atoms with Crippen LogP contribution >= 0.6 is 11.3 Å². The molecular weight excluding hydrogens is 414 g/mol. The molecule has 2 N–H and O–H groups in total. The number of nitrogens with one attached hydrogen (secondary N) is 2. The fourth-order valence-corrected chi connectivity index (χ4v) is 5.50. The van der Waals surface area contributed by atoms with Crippen LogP contribution in [0.4, 0.5) is 0 Å². The SMILES string of the molecule is COCCNC(=O)c1sc2ccccc2c1C1CCC(CNC(=O)c2ccno2)CC1. The summed E-state index contributed by atoms with van der Waals surface area (Å²) in [6, 6.07) is 9.82. The number of aromatic nitrogens is 1. The van der Waals surface area contributed by atoms with Gasteiger partial charge in [0, 0.05) is 31.0 Å². The second-order valence-electron chi connectivity index (χ2n) is 7.89. The summed E-state index contributed by atoms with van der Waals surface area (Å²) >= 11 is 1.57. The first-order valence-electron chi connectivity index (χ1n) is 10.6. The van der Waals surface area contributed by atoms with Crippen molar-refractivity contribution in [3.8, 4) is 0 Å². The topological polar surface area (TPSA) is 93.5 Å². The van der Waals surface area contributed by atoms with Crippen molar-refractivity contribution < 1.29 is 18.8 Å². The molecule has 3 aromatic rings. The van der Waals surface area contributed by atoms with Gasteiger partial charge in [-0.15, -0.1) is 11.3 Å². The van der Waals surface area contributed by atoms with Gasteiger partial charge in [-0.25, -0.2) is 0 Å². The van der Waals surface area contributed by atoms with Gasteiger partial charge in [0.1, 0.15) is 0 Å². The molecule has 4 rings (SSSR count). The lowest BCUT2D eigenvalue weighted by atomic mass is 9.77. The van der Waals surface area contributed by atoms with E-state index in [-0.39, 0.29) is 17.6 Å². The molecule has 1 fully saturated rings. The molecule has 0 bridgehead atoms. The Balaban J connectivity index is 1.42. The summed E-state index contributed by atoms with van der Waals surface area (Å²) in [5.41, 5.74) is 1.18. The van der Waals surface area contributed by atoms with Crippen LogP contribution < -0.4 is 10.6 Å². The predicted molar refractivity (Wildman–Crippen MR) is 120 cm³/mol. The number of methoxy groups -OCH3 is 1. The Kier molecular flexibility index (Phi) is 6.99.